The average Bonchev–Trinajstić information content (AvgIpc) is 3.05. The van der Waals surface area contributed by atoms with Gasteiger partial charge in [0, 0.05) is 18.3 Å². The van der Waals surface area contributed by atoms with E-state index >= 15 is 0 Å². The third kappa shape index (κ3) is 3.80. The highest BCUT2D eigenvalue weighted by atomic mass is 35.5. The molecule has 170 valence electrons. The molecule has 4 nitrogen and oxygen atoms in total. The molecule has 4 aliphatic rings. The summed E-state index contributed by atoms with van der Waals surface area (Å²) in [6.45, 7) is 2.32. The Morgan fingerprint density at radius 2 is 1.81 bits per heavy atom. The van der Waals surface area contributed by atoms with Crippen LogP contribution in [0, 0.1) is 17.3 Å². The SMILES string of the molecule is CC12CCC3(Cl)C=C4CC(O)CCC4CC[C@]3(O)C1CC=C2c1ccncc1.CNC. The second kappa shape index (κ2) is 8.62. The van der Waals surface area contributed by atoms with Crippen LogP contribution in [0.1, 0.15) is 63.9 Å². The lowest BCUT2D eigenvalue weighted by Gasteiger charge is -2.56. The Balaban J connectivity index is 0.000000730. The van der Waals surface area contributed by atoms with E-state index in [9.17, 15) is 10.2 Å². The third-order valence-corrected chi connectivity index (χ3v) is 9.00. The van der Waals surface area contributed by atoms with Crippen molar-refractivity contribution < 1.29 is 10.2 Å². The number of rotatable bonds is 1. The highest BCUT2D eigenvalue weighted by Crippen LogP contribution is 2.65. The van der Waals surface area contributed by atoms with Crippen LogP contribution in [0.25, 0.3) is 5.57 Å². The van der Waals surface area contributed by atoms with E-state index in [1.165, 1.54) is 16.7 Å². The van der Waals surface area contributed by atoms with Gasteiger partial charge in [0.05, 0.1) is 16.6 Å². The predicted molar refractivity (Wildman–Crippen MR) is 127 cm³/mol. The minimum Gasteiger partial charge on any atom is -0.393 e. The molecule has 0 spiro atoms. The smallest absolute Gasteiger partial charge is 0.0918 e. The molecule has 5 rings (SSSR count). The number of aliphatic hydroxyl groups is 2. The fourth-order valence-corrected chi connectivity index (χ4v) is 7.23. The molecule has 0 amide bonds. The van der Waals surface area contributed by atoms with Crippen molar-refractivity contribution in [3.05, 3.63) is 47.8 Å². The summed E-state index contributed by atoms with van der Waals surface area (Å²) in [4.78, 5) is 3.45. The lowest BCUT2D eigenvalue weighted by atomic mass is 9.54. The molecule has 2 saturated carbocycles. The van der Waals surface area contributed by atoms with Crippen LogP contribution in [0.5, 0.6) is 0 Å². The molecule has 5 heteroatoms. The maximum absolute atomic E-state index is 12.2. The number of nitrogens with zero attached hydrogens (tertiary/aromatic N) is 1. The number of fused-ring (bicyclic) bond motifs is 4. The van der Waals surface area contributed by atoms with Gasteiger partial charge in [-0.1, -0.05) is 24.6 Å². The Labute approximate surface area is 191 Å². The molecule has 1 aromatic heterocycles. The molecule has 0 bridgehead atoms. The highest BCUT2D eigenvalue weighted by molar-refractivity contribution is 6.26. The number of alkyl halides is 1. The normalized spacial score (nSPS) is 41.4. The van der Waals surface area contributed by atoms with Crippen LogP contribution in [0.3, 0.4) is 0 Å². The van der Waals surface area contributed by atoms with Crippen LogP contribution in [0.15, 0.2) is 42.3 Å². The van der Waals surface area contributed by atoms with Crippen molar-refractivity contribution in [1.29, 1.82) is 0 Å². The molecule has 0 aliphatic heterocycles. The number of aliphatic hydroxyl groups excluding tert-OH is 1. The Kier molecular flexibility index (Phi) is 6.39. The van der Waals surface area contributed by atoms with Crippen LogP contribution in [0.4, 0.5) is 0 Å². The largest absolute Gasteiger partial charge is 0.393 e. The zero-order chi connectivity index (χ0) is 22.3. The van der Waals surface area contributed by atoms with E-state index in [4.69, 9.17) is 11.6 Å². The van der Waals surface area contributed by atoms with Gasteiger partial charge >= 0.3 is 0 Å². The Hall–Kier alpha value is -1.20. The van der Waals surface area contributed by atoms with E-state index in [2.05, 4.69) is 41.5 Å². The van der Waals surface area contributed by atoms with Crippen molar-refractivity contribution in [1.82, 2.24) is 10.3 Å². The zero-order valence-corrected chi connectivity index (χ0v) is 19.8. The second-order valence-electron chi connectivity index (χ2n) is 10.2. The summed E-state index contributed by atoms with van der Waals surface area (Å²) in [5.41, 5.74) is 2.87. The zero-order valence-electron chi connectivity index (χ0n) is 19.1. The van der Waals surface area contributed by atoms with Crippen molar-refractivity contribution in [3.63, 3.8) is 0 Å². The van der Waals surface area contributed by atoms with E-state index in [1.807, 2.05) is 26.5 Å². The predicted octanol–water partition coefficient (Wildman–Crippen LogP) is 4.71. The summed E-state index contributed by atoms with van der Waals surface area (Å²) >= 11 is 7.27. The summed E-state index contributed by atoms with van der Waals surface area (Å²) in [5, 5.41) is 25.1. The Bertz CT molecular complexity index is 856. The van der Waals surface area contributed by atoms with Gasteiger partial charge in [-0.25, -0.2) is 0 Å². The van der Waals surface area contributed by atoms with Crippen LogP contribution in [0.2, 0.25) is 0 Å². The first kappa shape index (κ1) is 23.0. The molecule has 4 aliphatic carbocycles. The molecule has 5 unspecified atom stereocenters. The van der Waals surface area contributed by atoms with E-state index in [0.717, 1.165) is 51.4 Å². The van der Waals surface area contributed by atoms with Crippen LogP contribution < -0.4 is 5.32 Å². The number of allylic oxidation sites excluding steroid dienone is 2. The van der Waals surface area contributed by atoms with Gasteiger partial charge in [0.2, 0.25) is 0 Å². The number of aromatic nitrogens is 1. The minimum absolute atomic E-state index is 0.0674. The van der Waals surface area contributed by atoms with Gasteiger partial charge in [0.1, 0.15) is 0 Å². The number of hydrogen-bond donors (Lipinski definition) is 3. The molecular weight excluding hydrogens is 408 g/mol. The van der Waals surface area contributed by atoms with Crippen molar-refractivity contribution in [2.75, 3.05) is 14.1 Å². The third-order valence-electron chi connectivity index (χ3n) is 8.37. The average molecular weight is 445 g/mol. The number of hydrogen-bond acceptors (Lipinski definition) is 4. The van der Waals surface area contributed by atoms with E-state index in [0.29, 0.717) is 5.92 Å². The van der Waals surface area contributed by atoms with Gasteiger partial charge in [-0.05, 0) is 100 Å². The van der Waals surface area contributed by atoms with Gasteiger partial charge in [0.15, 0.2) is 0 Å². The number of nitrogens with one attached hydrogen (secondary N) is 1. The molecule has 0 radical (unpaired) electrons. The summed E-state index contributed by atoms with van der Waals surface area (Å²) in [7, 11) is 3.75. The lowest BCUT2D eigenvalue weighted by Crippen LogP contribution is -2.61. The maximum atomic E-state index is 12.2. The van der Waals surface area contributed by atoms with Crippen LogP contribution >= 0.6 is 11.6 Å². The van der Waals surface area contributed by atoms with Crippen molar-refractivity contribution >= 4 is 17.2 Å². The molecule has 31 heavy (non-hydrogen) atoms. The van der Waals surface area contributed by atoms with Gasteiger partial charge in [-0.2, -0.15) is 0 Å². The van der Waals surface area contributed by atoms with Gasteiger partial charge in [0.25, 0.3) is 0 Å². The molecule has 6 atom stereocenters. The molecule has 1 heterocycles. The van der Waals surface area contributed by atoms with Crippen molar-refractivity contribution in [3.8, 4) is 0 Å². The van der Waals surface area contributed by atoms with Crippen molar-refractivity contribution in [2.24, 2.45) is 17.3 Å². The van der Waals surface area contributed by atoms with Gasteiger partial charge in [-0.3, -0.25) is 4.98 Å². The van der Waals surface area contributed by atoms with Crippen LogP contribution in [-0.4, -0.2) is 45.9 Å². The molecule has 2 fully saturated rings. The first-order valence-electron chi connectivity index (χ1n) is 11.8. The molecular formula is C26H37ClN2O2. The summed E-state index contributed by atoms with van der Waals surface area (Å²) in [6.07, 6.45) is 14.9. The second-order valence-corrected chi connectivity index (χ2v) is 10.9. The maximum Gasteiger partial charge on any atom is 0.0918 e. The van der Waals surface area contributed by atoms with E-state index in [1.54, 1.807) is 0 Å². The molecule has 1 aromatic rings. The molecule has 0 aromatic carbocycles. The molecule has 3 N–H and O–H groups in total. The highest BCUT2D eigenvalue weighted by Gasteiger charge is 2.64. The van der Waals surface area contributed by atoms with Gasteiger partial charge < -0.3 is 15.5 Å². The Morgan fingerprint density at radius 1 is 1.10 bits per heavy atom. The number of pyridine rings is 1. The summed E-state index contributed by atoms with van der Waals surface area (Å²) in [6, 6.07) is 4.16. The first-order chi connectivity index (χ1) is 14.8. The van der Waals surface area contributed by atoms with Crippen molar-refractivity contribution in [2.45, 2.75) is 74.9 Å². The quantitative estimate of drug-likeness (QED) is 0.433. The lowest BCUT2D eigenvalue weighted by molar-refractivity contribution is -0.106. The topological polar surface area (TPSA) is 65.4 Å². The minimum atomic E-state index is -0.915. The summed E-state index contributed by atoms with van der Waals surface area (Å²) < 4.78 is 0. The monoisotopic (exact) mass is 444 g/mol. The Morgan fingerprint density at radius 3 is 2.52 bits per heavy atom. The molecule has 0 saturated heterocycles. The fourth-order valence-electron chi connectivity index (χ4n) is 6.77. The van der Waals surface area contributed by atoms with E-state index in [-0.39, 0.29) is 17.4 Å². The first-order valence-corrected chi connectivity index (χ1v) is 12.2. The van der Waals surface area contributed by atoms with Gasteiger partial charge in [-0.15, -0.1) is 11.6 Å². The standard InChI is InChI=1S/C24H30ClNO2.C2H7N/c1-22-10-11-23(25)15-18-14-19(27)3-2-16(18)6-9-24(23,28)21(22)5-4-20(22)17-7-12-26-13-8-17;1-3-2/h4,7-8,12-13,15-16,19,21,27-28H,2-3,5-6,9-11,14H2,1H3;3H,1-2H3/t16?,19?,21?,22?,23?,24-;/m0./s1. The van der Waals surface area contributed by atoms with Crippen LogP contribution in [-0.2, 0) is 0 Å². The fraction of sp³-hybridized carbons (Fsp3) is 0.654. The number of halogens is 1. The van der Waals surface area contributed by atoms with E-state index < -0.39 is 10.5 Å². The summed E-state index contributed by atoms with van der Waals surface area (Å²) in [5.74, 6) is 0.588.